The van der Waals surface area contributed by atoms with E-state index in [1.54, 1.807) is 0 Å². The lowest BCUT2D eigenvalue weighted by Gasteiger charge is -2.13. The summed E-state index contributed by atoms with van der Waals surface area (Å²) in [7, 11) is 0. The highest BCUT2D eigenvalue weighted by atomic mass is 32.2. The second-order valence-corrected chi connectivity index (χ2v) is 4.37. The molecule has 0 spiro atoms. The molecule has 0 aromatic heterocycles. The summed E-state index contributed by atoms with van der Waals surface area (Å²) in [5.41, 5.74) is 0. The first-order valence-corrected chi connectivity index (χ1v) is 5.40. The first-order valence-electron chi connectivity index (χ1n) is 4.25. The lowest BCUT2D eigenvalue weighted by atomic mass is 10.1. The Hall–Kier alpha value is 0.270. The number of rotatable bonds is 4. The molecule has 2 unspecified atom stereocenters. The maximum absolute atomic E-state index is 8.74. The summed E-state index contributed by atoms with van der Waals surface area (Å²) in [5, 5.41) is 12.1. The molecule has 2 nitrogen and oxygen atoms in total. The van der Waals surface area contributed by atoms with Gasteiger partial charge in [-0.15, -0.1) is 0 Å². The van der Waals surface area contributed by atoms with E-state index in [-0.39, 0.29) is 12.6 Å². The lowest BCUT2D eigenvalue weighted by molar-refractivity contribution is 0.247. The van der Waals surface area contributed by atoms with Crippen molar-refractivity contribution in [1.82, 2.24) is 5.32 Å². The van der Waals surface area contributed by atoms with Crippen LogP contribution >= 0.6 is 11.8 Å². The first-order chi connectivity index (χ1) is 5.33. The second-order valence-electron chi connectivity index (χ2n) is 3.22. The minimum Gasteiger partial charge on any atom is -0.395 e. The van der Waals surface area contributed by atoms with Crippen LogP contribution in [0.2, 0.25) is 0 Å². The van der Waals surface area contributed by atoms with Crippen LogP contribution in [0.3, 0.4) is 0 Å². The van der Waals surface area contributed by atoms with E-state index in [1.165, 1.54) is 17.9 Å². The van der Waals surface area contributed by atoms with Crippen LogP contribution in [0.4, 0.5) is 0 Å². The van der Waals surface area contributed by atoms with Crippen molar-refractivity contribution in [2.45, 2.75) is 19.4 Å². The fourth-order valence-corrected chi connectivity index (χ4v) is 2.46. The standard InChI is InChI=1S/C8H17NOS/c1-7(5-10)9-4-8-2-3-11-6-8/h7-10H,2-6H2,1H3. The topological polar surface area (TPSA) is 32.3 Å². The molecule has 1 fully saturated rings. The molecule has 0 saturated carbocycles. The maximum atomic E-state index is 8.74. The Morgan fingerprint density at radius 3 is 3.09 bits per heavy atom. The molecule has 0 aromatic carbocycles. The third kappa shape index (κ3) is 3.45. The van der Waals surface area contributed by atoms with Crippen molar-refractivity contribution in [1.29, 1.82) is 0 Å². The van der Waals surface area contributed by atoms with Gasteiger partial charge >= 0.3 is 0 Å². The normalized spacial score (nSPS) is 27.3. The molecule has 2 N–H and O–H groups in total. The SMILES string of the molecule is CC(CO)NCC1CCSC1. The fourth-order valence-electron chi connectivity index (χ4n) is 1.18. The van der Waals surface area contributed by atoms with Crippen LogP contribution in [-0.2, 0) is 0 Å². The van der Waals surface area contributed by atoms with Gasteiger partial charge < -0.3 is 10.4 Å². The van der Waals surface area contributed by atoms with Crippen molar-refractivity contribution in [2.24, 2.45) is 5.92 Å². The van der Waals surface area contributed by atoms with Gasteiger partial charge in [-0.1, -0.05) is 0 Å². The van der Waals surface area contributed by atoms with E-state index in [4.69, 9.17) is 5.11 Å². The molecule has 11 heavy (non-hydrogen) atoms. The zero-order chi connectivity index (χ0) is 8.10. The average molecular weight is 175 g/mol. The van der Waals surface area contributed by atoms with Crippen LogP contribution in [0.25, 0.3) is 0 Å². The number of aliphatic hydroxyl groups is 1. The van der Waals surface area contributed by atoms with Crippen molar-refractivity contribution in [2.75, 3.05) is 24.7 Å². The molecular formula is C8H17NOS. The fraction of sp³-hybridized carbons (Fsp3) is 1.00. The summed E-state index contributed by atoms with van der Waals surface area (Å²) < 4.78 is 0. The van der Waals surface area contributed by atoms with Gasteiger partial charge in [0, 0.05) is 6.04 Å². The average Bonchev–Trinajstić information content (AvgIpc) is 2.52. The van der Waals surface area contributed by atoms with E-state index in [1.807, 2.05) is 18.7 Å². The van der Waals surface area contributed by atoms with E-state index >= 15 is 0 Å². The zero-order valence-electron chi connectivity index (χ0n) is 7.05. The molecule has 0 bridgehead atoms. The number of thioether (sulfide) groups is 1. The molecule has 66 valence electrons. The van der Waals surface area contributed by atoms with Crippen molar-refractivity contribution >= 4 is 11.8 Å². The molecule has 1 rings (SSSR count). The van der Waals surface area contributed by atoms with Gasteiger partial charge in [-0.3, -0.25) is 0 Å². The predicted molar refractivity (Wildman–Crippen MR) is 50.0 cm³/mol. The number of nitrogens with one attached hydrogen (secondary N) is 1. The van der Waals surface area contributed by atoms with E-state index in [9.17, 15) is 0 Å². The van der Waals surface area contributed by atoms with E-state index in [0.717, 1.165) is 12.5 Å². The molecule has 0 radical (unpaired) electrons. The Labute approximate surface area is 72.8 Å². The van der Waals surface area contributed by atoms with Gasteiger partial charge in [0.15, 0.2) is 0 Å². The highest BCUT2D eigenvalue weighted by Gasteiger charge is 2.15. The molecule has 2 atom stereocenters. The summed E-state index contributed by atoms with van der Waals surface area (Å²) in [5.74, 6) is 3.46. The van der Waals surface area contributed by atoms with E-state index < -0.39 is 0 Å². The van der Waals surface area contributed by atoms with Crippen molar-refractivity contribution in [3.05, 3.63) is 0 Å². The molecule has 1 aliphatic rings. The van der Waals surface area contributed by atoms with Crippen LogP contribution in [0, 0.1) is 5.92 Å². The molecular weight excluding hydrogens is 158 g/mol. The Bertz CT molecular complexity index is 104. The Morgan fingerprint density at radius 2 is 2.55 bits per heavy atom. The molecule has 0 amide bonds. The summed E-state index contributed by atoms with van der Waals surface area (Å²) in [6.45, 7) is 3.34. The minimum atomic E-state index is 0.250. The highest BCUT2D eigenvalue weighted by molar-refractivity contribution is 7.99. The summed E-state index contributed by atoms with van der Waals surface area (Å²) in [4.78, 5) is 0. The third-order valence-corrected chi connectivity index (χ3v) is 3.28. The van der Waals surface area contributed by atoms with Crippen LogP contribution in [0.15, 0.2) is 0 Å². The number of hydrogen-bond acceptors (Lipinski definition) is 3. The van der Waals surface area contributed by atoms with E-state index in [2.05, 4.69) is 5.32 Å². The summed E-state index contributed by atoms with van der Waals surface area (Å²) in [6.07, 6.45) is 1.34. The lowest BCUT2D eigenvalue weighted by Crippen LogP contribution is -2.33. The molecule has 0 aromatic rings. The van der Waals surface area contributed by atoms with Crippen LogP contribution in [0.5, 0.6) is 0 Å². The van der Waals surface area contributed by atoms with Gasteiger partial charge in [0.25, 0.3) is 0 Å². The van der Waals surface area contributed by atoms with Crippen LogP contribution in [0.1, 0.15) is 13.3 Å². The molecule has 1 aliphatic heterocycles. The van der Waals surface area contributed by atoms with Crippen molar-refractivity contribution < 1.29 is 5.11 Å². The Balaban J connectivity index is 2.01. The maximum Gasteiger partial charge on any atom is 0.0581 e. The monoisotopic (exact) mass is 175 g/mol. The number of hydrogen-bond donors (Lipinski definition) is 2. The molecule has 3 heteroatoms. The first kappa shape index (κ1) is 9.36. The van der Waals surface area contributed by atoms with Gasteiger partial charge in [0.05, 0.1) is 6.61 Å². The zero-order valence-corrected chi connectivity index (χ0v) is 7.86. The second kappa shape index (κ2) is 5.01. The van der Waals surface area contributed by atoms with Gasteiger partial charge in [-0.2, -0.15) is 11.8 Å². The molecule has 0 aliphatic carbocycles. The quantitative estimate of drug-likeness (QED) is 0.660. The van der Waals surface area contributed by atoms with Gasteiger partial charge in [0.2, 0.25) is 0 Å². The largest absolute Gasteiger partial charge is 0.395 e. The van der Waals surface area contributed by atoms with Crippen molar-refractivity contribution in [3.8, 4) is 0 Å². The predicted octanol–water partition coefficient (Wildman–Crippen LogP) is 0.710. The third-order valence-electron chi connectivity index (χ3n) is 2.05. The van der Waals surface area contributed by atoms with Crippen LogP contribution < -0.4 is 5.32 Å². The Kier molecular flexibility index (Phi) is 4.26. The smallest absolute Gasteiger partial charge is 0.0581 e. The Morgan fingerprint density at radius 1 is 1.73 bits per heavy atom. The van der Waals surface area contributed by atoms with Gasteiger partial charge in [-0.25, -0.2) is 0 Å². The summed E-state index contributed by atoms with van der Waals surface area (Å²) in [6, 6.07) is 0.264. The molecule has 1 saturated heterocycles. The summed E-state index contributed by atoms with van der Waals surface area (Å²) >= 11 is 2.04. The molecule has 1 heterocycles. The van der Waals surface area contributed by atoms with Gasteiger partial charge in [0.1, 0.15) is 0 Å². The highest BCUT2D eigenvalue weighted by Crippen LogP contribution is 2.22. The van der Waals surface area contributed by atoms with Gasteiger partial charge in [-0.05, 0) is 37.3 Å². The number of aliphatic hydroxyl groups excluding tert-OH is 1. The minimum absolute atomic E-state index is 0.250. The van der Waals surface area contributed by atoms with Crippen LogP contribution in [-0.4, -0.2) is 35.8 Å². The van der Waals surface area contributed by atoms with E-state index in [0.29, 0.717) is 0 Å². The van der Waals surface area contributed by atoms with Crippen molar-refractivity contribution in [3.63, 3.8) is 0 Å².